The Labute approximate surface area is 166 Å². The number of ether oxygens (including phenoxy) is 1. The Morgan fingerprint density at radius 2 is 1.93 bits per heavy atom. The molecule has 2 aromatic rings. The Kier molecular flexibility index (Phi) is 3.40. The highest BCUT2D eigenvalue weighted by molar-refractivity contribution is 5.65. The third-order valence-corrected chi connectivity index (χ3v) is 6.83. The molecule has 10 heteroatoms. The maximum absolute atomic E-state index is 14.0. The van der Waals surface area contributed by atoms with E-state index in [9.17, 15) is 8.78 Å². The van der Waals surface area contributed by atoms with E-state index in [0.717, 1.165) is 18.8 Å². The van der Waals surface area contributed by atoms with Crippen molar-refractivity contribution in [3.63, 3.8) is 0 Å². The quantitative estimate of drug-likeness (QED) is 0.831. The lowest BCUT2D eigenvalue weighted by atomic mass is 9.60. The molecule has 8 nitrogen and oxygen atoms in total. The third-order valence-electron chi connectivity index (χ3n) is 6.83. The fourth-order valence-corrected chi connectivity index (χ4v) is 4.89. The number of anilines is 3. The van der Waals surface area contributed by atoms with Gasteiger partial charge in [-0.25, -0.2) is 23.7 Å². The van der Waals surface area contributed by atoms with Crippen molar-refractivity contribution < 1.29 is 13.5 Å². The minimum Gasteiger partial charge on any atom is -0.374 e. The van der Waals surface area contributed by atoms with Crippen LogP contribution in [0.3, 0.4) is 0 Å². The summed E-state index contributed by atoms with van der Waals surface area (Å²) < 4.78 is 33.7. The Bertz CT molecular complexity index is 964. The first-order valence-electron chi connectivity index (χ1n) is 9.91. The van der Waals surface area contributed by atoms with E-state index >= 15 is 0 Å². The third kappa shape index (κ3) is 2.51. The van der Waals surface area contributed by atoms with Gasteiger partial charge in [-0.15, -0.1) is 0 Å². The summed E-state index contributed by atoms with van der Waals surface area (Å²) in [7, 11) is 0. The van der Waals surface area contributed by atoms with Crippen molar-refractivity contribution in [2.45, 2.75) is 37.3 Å². The SMILES string of the molecule is Nc1ncc(-c2cc(N3C[C@@H]4C[C@H]3CO4)nc(N3CC4(CCC4(F)F)C3)n2)cn1. The second-order valence-corrected chi connectivity index (χ2v) is 8.58. The smallest absolute Gasteiger partial charge is 0.257 e. The second kappa shape index (κ2) is 5.71. The van der Waals surface area contributed by atoms with Crippen LogP contribution >= 0.6 is 0 Å². The van der Waals surface area contributed by atoms with Crippen molar-refractivity contribution in [3.8, 4) is 11.3 Å². The van der Waals surface area contributed by atoms with Crippen LogP contribution in [0.25, 0.3) is 11.3 Å². The number of rotatable bonds is 3. The van der Waals surface area contributed by atoms with Gasteiger partial charge in [-0.2, -0.15) is 4.98 Å². The van der Waals surface area contributed by atoms with E-state index in [1.165, 1.54) is 0 Å². The summed E-state index contributed by atoms with van der Waals surface area (Å²) in [5.41, 5.74) is 6.08. The Morgan fingerprint density at radius 3 is 2.52 bits per heavy atom. The fourth-order valence-electron chi connectivity index (χ4n) is 4.89. The lowest BCUT2D eigenvalue weighted by Gasteiger charge is -2.59. The van der Waals surface area contributed by atoms with E-state index in [1.807, 2.05) is 11.0 Å². The maximum atomic E-state index is 14.0. The van der Waals surface area contributed by atoms with E-state index < -0.39 is 11.3 Å². The van der Waals surface area contributed by atoms with Gasteiger partial charge in [-0.3, -0.25) is 0 Å². The summed E-state index contributed by atoms with van der Waals surface area (Å²) in [5.74, 6) is -1.13. The van der Waals surface area contributed by atoms with Gasteiger partial charge in [-0.1, -0.05) is 0 Å². The van der Waals surface area contributed by atoms with Crippen LogP contribution in [0.5, 0.6) is 0 Å². The number of nitrogen functional groups attached to an aromatic ring is 1. The molecule has 5 heterocycles. The number of aromatic nitrogens is 4. The van der Waals surface area contributed by atoms with Gasteiger partial charge >= 0.3 is 0 Å². The van der Waals surface area contributed by atoms with Gasteiger partial charge < -0.3 is 20.3 Å². The number of alkyl halides is 2. The van der Waals surface area contributed by atoms with Crippen molar-refractivity contribution in [1.29, 1.82) is 0 Å². The van der Waals surface area contributed by atoms with E-state index in [-0.39, 0.29) is 37.6 Å². The van der Waals surface area contributed by atoms with Crippen molar-refractivity contribution in [2.24, 2.45) is 5.41 Å². The molecule has 152 valence electrons. The predicted octanol–water partition coefficient (Wildman–Crippen LogP) is 1.73. The maximum Gasteiger partial charge on any atom is 0.257 e. The zero-order chi connectivity index (χ0) is 19.8. The van der Waals surface area contributed by atoms with Gasteiger partial charge in [0.1, 0.15) is 5.82 Å². The number of fused-ring (bicyclic) bond motifs is 2. The predicted molar refractivity (Wildman–Crippen MR) is 102 cm³/mol. The number of nitrogens with zero attached hydrogens (tertiary/aromatic N) is 6. The minimum atomic E-state index is -2.58. The number of halogens is 2. The summed E-state index contributed by atoms with van der Waals surface area (Å²) in [6.45, 7) is 2.04. The van der Waals surface area contributed by atoms with Crippen molar-refractivity contribution in [1.82, 2.24) is 19.9 Å². The minimum absolute atomic E-state index is 0.0212. The van der Waals surface area contributed by atoms with E-state index in [4.69, 9.17) is 15.5 Å². The molecule has 2 aromatic heterocycles. The van der Waals surface area contributed by atoms with Crippen LogP contribution in [0.15, 0.2) is 18.5 Å². The fraction of sp³-hybridized carbons (Fsp3) is 0.579. The molecule has 6 rings (SSSR count). The lowest BCUT2D eigenvalue weighted by Crippen LogP contribution is -2.70. The number of nitrogens with two attached hydrogens (primary N) is 1. The van der Waals surface area contributed by atoms with Gasteiger partial charge in [0, 0.05) is 50.1 Å². The van der Waals surface area contributed by atoms with Crippen molar-refractivity contribution in [3.05, 3.63) is 18.5 Å². The first-order valence-corrected chi connectivity index (χ1v) is 9.91. The summed E-state index contributed by atoms with van der Waals surface area (Å²) >= 11 is 0. The molecule has 1 saturated carbocycles. The van der Waals surface area contributed by atoms with Crippen LogP contribution in [0.1, 0.15) is 19.3 Å². The van der Waals surface area contributed by atoms with E-state index in [0.29, 0.717) is 30.2 Å². The molecule has 3 saturated heterocycles. The van der Waals surface area contributed by atoms with Gasteiger partial charge in [0.25, 0.3) is 5.92 Å². The molecule has 1 spiro atoms. The first-order chi connectivity index (χ1) is 13.9. The average Bonchev–Trinajstić information content (AvgIpc) is 3.30. The number of morpholine rings is 1. The van der Waals surface area contributed by atoms with Crippen molar-refractivity contribution in [2.75, 3.05) is 41.8 Å². The first kappa shape index (κ1) is 17.3. The molecule has 2 bridgehead atoms. The second-order valence-electron chi connectivity index (χ2n) is 8.58. The molecule has 2 N–H and O–H groups in total. The van der Waals surface area contributed by atoms with E-state index in [1.54, 1.807) is 12.4 Å². The Balaban J connectivity index is 1.35. The zero-order valence-corrected chi connectivity index (χ0v) is 15.8. The van der Waals surface area contributed by atoms with Crippen molar-refractivity contribution >= 4 is 17.7 Å². The molecule has 0 amide bonds. The molecule has 2 atom stereocenters. The highest BCUT2D eigenvalue weighted by Gasteiger charge is 2.67. The summed E-state index contributed by atoms with van der Waals surface area (Å²) in [6, 6.07) is 2.20. The Morgan fingerprint density at radius 1 is 1.14 bits per heavy atom. The summed E-state index contributed by atoms with van der Waals surface area (Å²) in [4.78, 5) is 21.6. The molecule has 29 heavy (non-hydrogen) atoms. The largest absolute Gasteiger partial charge is 0.374 e. The van der Waals surface area contributed by atoms with Gasteiger partial charge in [0.05, 0.1) is 29.9 Å². The van der Waals surface area contributed by atoms with Crippen LogP contribution in [-0.2, 0) is 4.74 Å². The molecule has 3 aliphatic heterocycles. The standard InChI is InChI=1S/C19H21F2N7O/c20-19(21)2-1-18(19)9-27(10-18)17-25-14(11-5-23-16(22)24-6-11)4-15(26-17)28-7-13-3-12(28)8-29-13/h4-6,12-13H,1-3,7-10H2,(H2,22,23,24)/t12-,13-/m0/s1. The monoisotopic (exact) mass is 401 g/mol. The molecule has 4 fully saturated rings. The van der Waals surface area contributed by atoms with Crippen LogP contribution in [0, 0.1) is 5.41 Å². The Hall–Kier alpha value is -2.62. The molecular formula is C19H21F2N7O. The normalized spacial score (nSPS) is 28.5. The van der Waals surface area contributed by atoms with Gasteiger partial charge in [0.2, 0.25) is 11.9 Å². The molecule has 1 aliphatic carbocycles. The summed E-state index contributed by atoms with van der Waals surface area (Å²) in [5, 5.41) is 0. The van der Waals surface area contributed by atoms with Gasteiger partial charge in [0.15, 0.2) is 0 Å². The highest BCUT2D eigenvalue weighted by Crippen LogP contribution is 2.59. The highest BCUT2D eigenvalue weighted by atomic mass is 19.3. The lowest BCUT2D eigenvalue weighted by molar-refractivity contribution is -0.212. The van der Waals surface area contributed by atoms with E-state index in [2.05, 4.69) is 19.9 Å². The number of hydrogen-bond donors (Lipinski definition) is 1. The van der Waals surface area contributed by atoms with Crippen LogP contribution in [-0.4, -0.2) is 64.2 Å². The number of hydrogen-bond acceptors (Lipinski definition) is 8. The average molecular weight is 401 g/mol. The van der Waals surface area contributed by atoms with Crippen LogP contribution in [0.4, 0.5) is 26.5 Å². The van der Waals surface area contributed by atoms with Crippen LogP contribution < -0.4 is 15.5 Å². The molecule has 0 aromatic carbocycles. The van der Waals surface area contributed by atoms with Gasteiger partial charge in [-0.05, 0) is 12.8 Å². The molecular weight excluding hydrogens is 380 g/mol. The van der Waals surface area contributed by atoms with Crippen LogP contribution in [0.2, 0.25) is 0 Å². The zero-order valence-electron chi connectivity index (χ0n) is 15.8. The molecule has 4 aliphatic rings. The molecule has 0 radical (unpaired) electrons. The topological polar surface area (TPSA) is 93.3 Å². The molecule has 0 unspecified atom stereocenters. The summed E-state index contributed by atoms with van der Waals surface area (Å²) in [6.07, 6.45) is 4.99.